The second kappa shape index (κ2) is 28.0. The summed E-state index contributed by atoms with van der Waals surface area (Å²) >= 11 is 0. The lowest BCUT2D eigenvalue weighted by atomic mass is 9.86. The molecule has 220 valence electrons. The average molecular weight is 525 g/mol. The predicted molar refractivity (Wildman–Crippen MR) is 158 cm³/mol. The van der Waals surface area contributed by atoms with E-state index in [9.17, 15) is 9.59 Å². The van der Waals surface area contributed by atoms with E-state index in [0.29, 0.717) is 37.9 Å². The number of esters is 2. The van der Waals surface area contributed by atoms with Gasteiger partial charge in [-0.2, -0.15) is 0 Å². The second-order valence-corrected chi connectivity index (χ2v) is 11.5. The summed E-state index contributed by atoms with van der Waals surface area (Å²) in [5, 5.41) is 0. The fourth-order valence-corrected chi connectivity index (χ4v) is 4.96. The van der Waals surface area contributed by atoms with Crippen molar-refractivity contribution < 1.29 is 19.1 Å². The zero-order valence-electron chi connectivity index (χ0n) is 25.5. The molecule has 0 saturated heterocycles. The molecule has 0 heterocycles. The van der Waals surface area contributed by atoms with Gasteiger partial charge in [0.1, 0.15) is 0 Å². The van der Waals surface area contributed by atoms with Crippen molar-refractivity contribution in [1.82, 2.24) is 0 Å². The summed E-state index contributed by atoms with van der Waals surface area (Å²) in [5.74, 6) is 1.27. The molecule has 4 heteroatoms. The molecule has 0 aliphatic rings. The molecule has 0 amide bonds. The number of rotatable bonds is 28. The number of carbonyl (C=O) groups is 2. The Bertz CT molecular complexity index is 503. The van der Waals surface area contributed by atoms with Gasteiger partial charge in [-0.3, -0.25) is 9.59 Å². The zero-order chi connectivity index (χ0) is 27.4. The monoisotopic (exact) mass is 524 g/mol. The van der Waals surface area contributed by atoms with Gasteiger partial charge in [0.05, 0.1) is 13.2 Å². The average Bonchev–Trinajstić information content (AvgIpc) is 2.88. The maximum atomic E-state index is 12.0. The maximum Gasteiger partial charge on any atom is 0.305 e. The number of hydrogen-bond donors (Lipinski definition) is 0. The summed E-state index contributed by atoms with van der Waals surface area (Å²) in [6.45, 7) is 10.2. The predicted octanol–water partition coefficient (Wildman–Crippen LogP) is 10.4. The number of ether oxygens (including phenoxy) is 2. The van der Waals surface area contributed by atoms with Gasteiger partial charge in [0.25, 0.3) is 0 Å². The molecule has 0 radical (unpaired) electrons. The first-order valence-corrected chi connectivity index (χ1v) is 16.3. The molecule has 1 atom stereocenters. The fourth-order valence-electron chi connectivity index (χ4n) is 4.96. The molecule has 0 aromatic rings. The molecule has 0 fully saturated rings. The molecular formula is C33H64O4. The number of carbonyl (C=O) groups excluding carboxylic acids is 2. The van der Waals surface area contributed by atoms with E-state index in [4.69, 9.17) is 9.47 Å². The highest BCUT2D eigenvalue weighted by Gasteiger charge is 2.15. The van der Waals surface area contributed by atoms with Crippen LogP contribution in [0, 0.1) is 11.8 Å². The third kappa shape index (κ3) is 26.3. The summed E-state index contributed by atoms with van der Waals surface area (Å²) in [5.41, 5.74) is 0. The summed E-state index contributed by atoms with van der Waals surface area (Å²) in [7, 11) is 0. The van der Waals surface area contributed by atoms with Gasteiger partial charge in [0.15, 0.2) is 0 Å². The van der Waals surface area contributed by atoms with E-state index < -0.39 is 0 Å². The third-order valence-electron chi connectivity index (χ3n) is 7.64. The minimum atomic E-state index is -0.00751. The lowest BCUT2D eigenvalue weighted by Gasteiger charge is -2.20. The van der Waals surface area contributed by atoms with E-state index in [2.05, 4.69) is 27.7 Å². The summed E-state index contributed by atoms with van der Waals surface area (Å²) < 4.78 is 10.7. The van der Waals surface area contributed by atoms with Gasteiger partial charge in [-0.05, 0) is 37.5 Å². The van der Waals surface area contributed by atoms with Crippen molar-refractivity contribution in [1.29, 1.82) is 0 Å². The van der Waals surface area contributed by atoms with Gasteiger partial charge in [-0.15, -0.1) is 0 Å². The van der Waals surface area contributed by atoms with Crippen LogP contribution in [0.2, 0.25) is 0 Å². The molecule has 0 saturated carbocycles. The standard InChI is InChI=1S/C33H64O4/c1-5-7-9-22-28-36-32(34)25-21-19-17-15-13-11-12-14-16-18-20-24-31(30(3)4)26-27-33(35)37-29-23-10-8-6-2/h30-31H,5-29H2,1-4H3. The van der Waals surface area contributed by atoms with Crippen LogP contribution in [0.5, 0.6) is 0 Å². The zero-order valence-corrected chi connectivity index (χ0v) is 25.5. The SMILES string of the molecule is CCCCCCOC(=O)CCCCCCCCCCCCCC(CCC(=O)OCCCCCC)C(C)C. The Morgan fingerprint density at radius 3 is 1.35 bits per heavy atom. The fraction of sp³-hybridized carbons (Fsp3) is 0.939. The minimum absolute atomic E-state index is 0.00202. The van der Waals surface area contributed by atoms with Crippen LogP contribution in [0.15, 0.2) is 0 Å². The van der Waals surface area contributed by atoms with Gasteiger partial charge in [-0.25, -0.2) is 0 Å². The topological polar surface area (TPSA) is 52.6 Å². The lowest BCUT2D eigenvalue weighted by Crippen LogP contribution is -2.13. The summed E-state index contributed by atoms with van der Waals surface area (Å²) in [6.07, 6.45) is 26.6. The van der Waals surface area contributed by atoms with E-state index in [0.717, 1.165) is 38.5 Å². The van der Waals surface area contributed by atoms with Crippen molar-refractivity contribution in [3.8, 4) is 0 Å². The smallest absolute Gasteiger partial charge is 0.305 e. The normalized spacial score (nSPS) is 12.1. The summed E-state index contributed by atoms with van der Waals surface area (Å²) in [6, 6.07) is 0. The molecular weight excluding hydrogens is 460 g/mol. The maximum absolute atomic E-state index is 12.0. The minimum Gasteiger partial charge on any atom is -0.466 e. The Morgan fingerprint density at radius 1 is 0.486 bits per heavy atom. The van der Waals surface area contributed by atoms with Crippen LogP contribution in [-0.4, -0.2) is 25.2 Å². The number of hydrogen-bond acceptors (Lipinski definition) is 4. The van der Waals surface area contributed by atoms with Crippen LogP contribution in [0.3, 0.4) is 0 Å². The van der Waals surface area contributed by atoms with Gasteiger partial charge in [-0.1, -0.05) is 137 Å². The van der Waals surface area contributed by atoms with Gasteiger partial charge < -0.3 is 9.47 Å². The molecule has 0 aliphatic carbocycles. The van der Waals surface area contributed by atoms with Crippen molar-refractivity contribution in [3.63, 3.8) is 0 Å². The van der Waals surface area contributed by atoms with Gasteiger partial charge >= 0.3 is 11.9 Å². The molecule has 0 aromatic carbocycles. The van der Waals surface area contributed by atoms with Gasteiger partial charge in [0.2, 0.25) is 0 Å². The molecule has 37 heavy (non-hydrogen) atoms. The van der Waals surface area contributed by atoms with Crippen LogP contribution >= 0.6 is 0 Å². The highest BCUT2D eigenvalue weighted by molar-refractivity contribution is 5.69. The molecule has 0 aromatic heterocycles. The van der Waals surface area contributed by atoms with Crippen molar-refractivity contribution in [2.24, 2.45) is 11.8 Å². The molecule has 0 aliphatic heterocycles. The van der Waals surface area contributed by atoms with E-state index in [-0.39, 0.29) is 11.9 Å². The Hall–Kier alpha value is -1.06. The van der Waals surface area contributed by atoms with Crippen LogP contribution in [0.4, 0.5) is 0 Å². The first kappa shape index (κ1) is 35.9. The van der Waals surface area contributed by atoms with E-state index in [1.807, 2.05) is 0 Å². The Kier molecular flexibility index (Phi) is 27.2. The number of unbranched alkanes of at least 4 members (excludes halogenated alkanes) is 16. The largest absolute Gasteiger partial charge is 0.466 e. The van der Waals surface area contributed by atoms with Crippen LogP contribution in [0.25, 0.3) is 0 Å². The van der Waals surface area contributed by atoms with E-state index in [1.165, 1.54) is 96.3 Å². The van der Waals surface area contributed by atoms with E-state index in [1.54, 1.807) is 0 Å². The molecule has 0 N–H and O–H groups in total. The second-order valence-electron chi connectivity index (χ2n) is 11.5. The van der Waals surface area contributed by atoms with Crippen molar-refractivity contribution in [2.75, 3.05) is 13.2 Å². The highest BCUT2D eigenvalue weighted by Crippen LogP contribution is 2.24. The third-order valence-corrected chi connectivity index (χ3v) is 7.64. The van der Waals surface area contributed by atoms with Crippen LogP contribution < -0.4 is 0 Å². The first-order chi connectivity index (χ1) is 18.0. The highest BCUT2D eigenvalue weighted by atomic mass is 16.5. The van der Waals surface area contributed by atoms with Crippen molar-refractivity contribution in [3.05, 3.63) is 0 Å². The van der Waals surface area contributed by atoms with Crippen molar-refractivity contribution in [2.45, 2.75) is 175 Å². The molecule has 0 spiro atoms. The molecule has 0 rings (SSSR count). The Labute approximate surface area is 231 Å². The Balaban J connectivity index is 3.51. The molecule has 0 bridgehead atoms. The van der Waals surface area contributed by atoms with Gasteiger partial charge in [0, 0.05) is 12.8 Å². The summed E-state index contributed by atoms with van der Waals surface area (Å²) in [4.78, 5) is 23.7. The van der Waals surface area contributed by atoms with Crippen LogP contribution in [0.1, 0.15) is 175 Å². The lowest BCUT2D eigenvalue weighted by molar-refractivity contribution is -0.145. The quantitative estimate of drug-likeness (QED) is 0.0754. The molecule has 1 unspecified atom stereocenters. The van der Waals surface area contributed by atoms with Crippen LogP contribution in [-0.2, 0) is 19.1 Å². The Morgan fingerprint density at radius 2 is 0.892 bits per heavy atom. The molecule has 4 nitrogen and oxygen atoms in total. The first-order valence-electron chi connectivity index (χ1n) is 16.3. The van der Waals surface area contributed by atoms with Crippen molar-refractivity contribution >= 4 is 11.9 Å². The van der Waals surface area contributed by atoms with E-state index >= 15 is 0 Å².